The molecule has 0 radical (unpaired) electrons. The Hall–Kier alpha value is -0.210. The number of hydrogen-bond donors (Lipinski definition) is 1. The van der Waals surface area contributed by atoms with E-state index in [1.54, 1.807) is 0 Å². The van der Waals surface area contributed by atoms with Crippen molar-refractivity contribution >= 4 is 10.2 Å². The summed E-state index contributed by atoms with van der Waals surface area (Å²) in [7, 11) is -3.35. The fourth-order valence-electron chi connectivity index (χ4n) is 2.86. The topological polar surface area (TPSA) is 61.9 Å². The molecule has 2 fully saturated rings. The zero-order valence-electron chi connectivity index (χ0n) is 12.5. The molecule has 0 aromatic carbocycles. The number of nitrogens with one attached hydrogen (secondary N) is 1. The highest BCUT2D eigenvalue weighted by atomic mass is 32.2. The van der Waals surface area contributed by atoms with Crippen molar-refractivity contribution in [3.8, 4) is 0 Å². The van der Waals surface area contributed by atoms with E-state index in [9.17, 15) is 8.42 Å². The minimum Gasteiger partial charge on any atom is -0.379 e. The van der Waals surface area contributed by atoms with Gasteiger partial charge in [-0.3, -0.25) is 4.90 Å². The first-order valence-electron chi connectivity index (χ1n) is 7.55. The number of morpholine rings is 1. The van der Waals surface area contributed by atoms with Crippen LogP contribution in [-0.2, 0) is 14.9 Å². The minimum absolute atomic E-state index is 0.244. The van der Waals surface area contributed by atoms with E-state index in [0.717, 1.165) is 13.1 Å². The molecule has 118 valence electrons. The SMILES string of the molecule is C[C@H]1CCCN([C@@H](C)CNS(=O)(=O)N2CCOCC2)C1. The van der Waals surface area contributed by atoms with Crippen LogP contribution in [0, 0.1) is 5.92 Å². The third-order valence-electron chi connectivity index (χ3n) is 4.18. The van der Waals surface area contributed by atoms with Crippen LogP contribution in [0.3, 0.4) is 0 Å². The molecule has 7 heteroatoms. The van der Waals surface area contributed by atoms with Gasteiger partial charge >= 0.3 is 0 Å². The van der Waals surface area contributed by atoms with E-state index < -0.39 is 10.2 Å². The van der Waals surface area contributed by atoms with Gasteiger partial charge in [0.2, 0.25) is 0 Å². The molecule has 2 rings (SSSR count). The molecule has 0 aromatic heterocycles. The second-order valence-electron chi connectivity index (χ2n) is 5.96. The van der Waals surface area contributed by atoms with E-state index >= 15 is 0 Å². The molecular formula is C13H27N3O3S. The third kappa shape index (κ3) is 4.39. The van der Waals surface area contributed by atoms with Gasteiger partial charge in [0.05, 0.1) is 13.2 Å². The Morgan fingerprint density at radius 3 is 2.65 bits per heavy atom. The van der Waals surface area contributed by atoms with Crippen LogP contribution in [0.4, 0.5) is 0 Å². The third-order valence-corrected chi connectivity index (χ3v) is 5.76. The average molecular weight is 305 g/mol. The van der Waals surface area contributed by atoms with Crippen molar-refractivity contribution in [2.75, 3.05) is 45.9 Å². The summed E-state index contributed by atoms with van der Waals surface area (Å²) < 4.78 is 33.8. The van der Waals surface area contributed by atoms with Crippen molar-refractivity contribution in [1.82, 2.24) is 13.9 Å². The summed E-state index contributed by atoms with van der Waals surface area (Å²) >= 11 is 0. The predicted molar refractivity (Wildman–Crippen MR) is 78.7 cm³/mol. The first-order valence-corrected chi connectivity index (χ1v) is 8.99. The van der Waals surface area contributed by atoms with Gasteiger partial charge in [0, 0.05) is 32.2 Å². The van der Waals surface area contributed by atoms with Crippen LogP contribution in [0.2, 0.25) is 0 Å². The first-order chi connectivity index (χ1) is 9.49. The number of nitrogens with zero attached hydrogens (tertiary/aromatic N) is 2. The lowest BCUT2D eigenvalue weighted by Crippen LogP contribution is -2.51. The maximum atomic E-state index is 12.2. The van der Waals surface area contributed by atoms with Crippen molar-refractivity contribution in [2.24, 2.45) is 5.92 Å². The number of likely N-dealkylation sites (tertiary alicyclic amines) is 1. The lowest BCUT2D eigenvalue weighted by atomic mass is 9.99. The Kier molecular flexibility index (Phi) is 5.80. The minimum atomic E-state index is -3.35. The summed E-state index contributed by atoms with van der Waals surface area (Å²) in [5.41, 5.74) is 0. The highest BCUT2D eigenvalue weighted by Gasteiger charge is 2.26. The molecule has 0 unspecified atom stereocenters. The molecule has 0 aliphatic carbocycles. The largest absolute Gasteiger partial charge is 0.379 e. The van der Waals surface area contributed by atoms with Crippen LogP contribution in [0.5, 0.6) is 0 Å². The van der Waals surface area contributed by atoms with Gasteiger partial charge in [0.15, 0.2) is 0 Å². The van der Waals surface area contributed by atoms with Crippen molar-refractivity contribution in [1.29, 1.82) is 0 Å². The Morgan fingerprint density at radius 2 is 2.00 bits per heavy atom. The highest BCUT2D eigenvalue weighted by Crippen LogP contribution is 2.17. The first kappa shape index (κ1) is 16.2. The fraction of sp³-hybridized carbons (Fsp3) is 1.00. The maximum absolute atomic E-state index is 12.2. The van der Waals surface area contributed by atoms with E-state index in [-0.39, 0.29) is 6.04 Å². The van der Waals surface area contributed by atoms with Gasteiger partial charge in [0.25, 0.3) is 10.2 Å². The number of hydrogen-bond acceptors (Lipinski definition) is 4. The summed E-state index contributed by atoms with van der Waals surface area (Å²) in [6, 6.07) is 0.244. The molecule has 0 amide bonds. The van der Waals surface area contributed by atoms with Gasteiger partial charge in [0.1, 0.15) is 0 Å². The maximum Gasteiger partial charge on any atom is 0.279 e. The number of rotatable bonds is 5. The molecular weight excluding hydrogens is 278 g/mol. The Bertz CT molecular complexity index is 396. The van der Waals surface area contributed by atoms with Crippen LogP contribution in [0.25, 0.3) is 0 Å². The standard InChI is InChI=1S/C13H27N3O3S/c1-12-4-3-5-15(11-12)13(2)10-14-20(17,18)16-6-8-19-9-7-16/h12-14H,3-11H2,1-2H3/t12-,13-/m0/s1. The summed E-state index contributed by atoms with van der Waals surface area (Å²) in [5.74, 6) is 0.710. The molecule has 20 heavy (non-hydrogen) atoms. The van der Waals surface area contributed by atoms with Crippen LogP contribution < -0.4 is 4.72 Å². The van der Waals surface area contributed by atoms with E-state index in [4.69, 9.17) is 4.74 Å². The quantitative estimate of drug-likeness (QED) is 0.792. The molecule has 2 saturated heterocycles. The number of ether oxygens (including phenoxy) is 1. The molecule has 2 aliphatic rings. The summed E-state index contributed by atoms with van der Waals surface area (Å²) in [4.78, 5) is 2.38. The molecule has 0 spiro atoms. The van der Waals surface area contributed by atoms with E-state index in [1.165, 1.54) is 17.1 Å². The molecule has 2 atom stereocenters. The summed E-state index contributed by atoms with van der Waals surface area (Å²) in [6.45, 7) is 8.85. The normalized spacial score (nSPS) is 28.4. The van der Waals surface area contributed by atoms with Gasteiger partial charge < -0.3 is 4.74 Å². The summed E-state index contributed by atoms with van der Waals surface area (Å²) in [6.07, 6.45) is 2.49. The molecule has 0 bridgehead atoms. The van der Waals surface area contributed by atoms with Gasteiger partial charge in [-0.05, 0) is 32.2 Å². The molecule has 2 aliphatic heterocycles. The van der Waals surface area contributed by atoms with Crippen LogP contribution in [0.15, 0.2) is 0 Å². The van der Waals surface area contributed by atoms with Crippen molar-refractivity contribution in [3.05, 3.63) is 0 Å². The highest BCUT2D eigenvalue weighted by molar-refractivity contribution is 7.87. The lowest BCUT2D eigenvalue weighted by Gasteiger charge is -2.36. The Balaban J connectivity index is 1.81. The van der Waals surface area contributed by atoms with Gasteiger partial charge in [-0.15, -0.1) is 0 Å². The van der Waals surface area contributed by atoms with E-state index in [2.05, 4.69) is 23.5 Å². The van der Waals surface area contributed by atoms with Gasteiger partial charge in [-0.1, -0.05) is 6.92 Å². The van der Waals surface area contributed by atoms with Gasteiger partial charge in [-0.2, -0.15) is 12.7 Å². The monoisotopic (exact) mass is 305 g/mol. The smallest absolute Gasteiger partial charge is 0.279 e. The zero-order chi connectivity index (χ0) is 14.6. The van der Waals surface area contributed by atoms with Crippen molar-refractivity contribution < 1.29 is 13.2 Å². The van der Waals surface area contributed by atoms with Crippen LogP contribution in [0.1, 0.15) is 26.7 Å². The second-order valence-corrected chi connectivity index (χ2v) is 7.71. The molecule has 0 aromatic rings. The molecule has 0 saturated carbocycles. The van der Waals surface area contributed by atoms with Crippen molar-refractivity contribution in [3.63, 3.8) is 0 Å². The van der Waals surface area contributed by atoms with Crippen LogP contribution >= 0.6 is 0 Å². The predicted octanol–water partition coefficient (Wildman–Crippen LogP) is 0.273. The molecule has 1 N–H and O–H groups in total. The second kappa shape index (κ2) is 7.17. The fourth-order valence-corrected chi connectivity index (χ4v) is 4.12. The van der Waals surface area contributed by atoms with Crippen molar-refractivity contribution in [2.45, 2.75) is 32.7 Å². The molecule has 2 heterocycles. The summed E-state index contributed by atoms with van der Waals surface area (Å²) in [5, 5.41) is 0. The Labute approximate surface area is 122 Å². The van der Waals surface area contributed by atoms with Gasteiger partial charge in [-0.25, -0.2) is 4.72 Å². The number of piperidine rings is 1. The van der Waals surface area contributed by atoms with Crippen LogP contribution in [-0.4, -0.2) is 69.6 Å². The lowest BCUT2D eigenvalue weighted by molar-refractivity contribution is 0.0722. The molecule has 6 nitrogen and oxygen atoms in total. The van der Waals surface area contributed by atoms with E-state index in [1.807, 2.05) is 0 Å². The average Bonchev–Trinajstić information content (AvgIpc) is 2.46. The Morgan fingerprint density at radius 1 is 1.30 bits per heavy atom. The van der Waals surface area contributed by atoms with E-state index in [0.29, 0.717) is 38.8 Å². The zero-order valence-corrected chi connectivity index (χ0v) is 13.4.